The van der Waals surface area contributed by atoms with Gasteiger partial charge in [0, 0.05) is 0 Å². The largest absolute Gasteiger partial charge is 0.364 e. The first-order chi connectivity index (χ1) is 16.2. The Morgan fingerprint density at radius 3 is 2.58 bits per heavy atom. The van der Waals surface area contributed by atoms with Gasteiger partial charge in [-0.1, -0.05) is 35.5 Å². The Hall–Kier alpha value is -3.23. The molecular weight excluding hydrogens is 416 g/mol. The normalized spacial score (nSPS) is 24.7. The number of anilines is 1. The second-order valence-corrected chi connectivity index (χ2v) is 9.07. The third-order valence-corrected chi connectivity index (χ3v) is 6.89. The molecule has 1 aromatic heterocycles. The molecule has 33 heavy (non-hydrogen) atoms. The third kappa shape index (κ3) is 4.00. The van der Waals surface area contributed by atoms with E-state index in [2.05, 4.69) is 50.7 Å². The Labute approximate surface area is 192 Å². The number of aromatic nitrogens is 1. The van der Waals surface area contributed by atoms with Crippen LogP contribution in [-0.2, 0) is 4.79 Å². The topological polar surface area (TPSA) is 104 Å². The molecule has 2 fully saturated rings. The quantitative estimate of drug-likeness (QED) is 0.482. The van der Waals surface area contributed by atoms with Crippen LogP contribution in [0.1, 0.15) is 37.3 Å². The van der Waals surface area contributed by atoms with E-state index < -0.39 is 0 Å². The third-order valence-electron chi connectivity index (χ3n) is 6.89. The number of nitrogens with one attached hydrogen (secondary N) is 4. The van der Waals surface area contributed by atoms with Crippen molar-refractivity contribution in [3.8, 4) is 11.1 Å². The van der Waals surface area contributed by atoms with Gasteiger partial charge in [0.05, 0.1) is 30.1 Å². The number of nitrogens with zero attached hydrogens (tertiary/aromatic N) is 2. The van der Waals surface area contributed by atoms with E-state index in [-0.39, 0.29) is 18.0 Å². The highest BCUT2D eigenvalue weighted by Crippen LogP contribution is 2.30. The smallest absolute Gasteiger partial charge is 0.242 e. The maximum Gasteiger partial charge on any atom is 0.242 e. The van der Waals surface area contributed by atoms with Gasteiger partial charge in [0.2, 0.25) is 5.91 Å². The number of carbonyl (C=O) groups is 1. The minimum absolute atomic E-state index is 0.0593. The zero-order valence-electron chi connectivity index (χ0n) is 18.4. The molecule has 1 unspecified atom stereocenters. The summed E-state index contributed by atoms with van der Waals surface area (Å²) in [5.41, 5.74) is 4.05. The van der Waals surface area contributed by atoms with Crippen LogP contribution in [0.5, 0.6) is 0 Å². The fourth-order valence-electron chi connectivity index (χ4n) is 5.01. The molecule has 0 saturated carbocycles. The fraction of sp³-hybridized carbons (Fsp3) is 0.400. The molecule has 0 aliphatic carbocycles. The van der Waals surface area contributed by atoms with E-state index in [0.29, 0.717) is 17.4 Å². The van der Waals surface area contributed by atoms with E-state index in [4.69, 9.17) is 9.52 Å². The van der Waals surface area contributed by atoms with Gasteiger partial charge in [-0.2, -0.15) is 0 Å². The average molecular weight is 445 g/mol. The van der Waals surface area contributed by atoms with Crippen LogP contribution < -0.4 is 21.3 Å². The van der Waals surface area contributed by atoms with E-state index >= 15 is 0 Å². The molecule has 0 bridgehead atoms. The predicted octanol–water partition coefficient (Wildman–Crippen LogP) is 2.98. The van der Waals surface area contributed by atoms with E-state index in [0.717, 1.165) is 61.2 Å². The fourth-order valence-corrected chi connectivity index (χ4v) is 5.01. The average Bonchev–Trinajstić information content (AvgIpc) is 3.66. The van der Waals surface area contributed by atoms with Crippen molar-refractivity contribution in [1.29, 1.82) is 0 Å². The lowest BCUT2D eigenvalue weighted by Crippen LogP contribution is -2.38. The van der Waals surface area contributed by atoms with Crippen LogP contribution >= 0.6 is 0 Å². The van der Waals surface area contributed by atoms with Crippen molar-refractivity contribution in [3.05, 3.63) is 48.0 Å². The summed E-state index contributed by atoms with van der Waals surface area (Å²) >= 11 is 0. The highest BCUT2D eigenvalue weighted by molar-refractivity contribution is 6.02. The van der Waals surface area contributed by atoms with E-state index in [1.807, 2.05) is 18.2 Å². The van der Waals surface area contributed by atoms with Gasteiger partial charge in [0.15, 0.2) is 11.4 Å². The van der Waals surface area contributed by atoms with Crippen molar-refractivity contribution in [2.75, 3.05) is 25.0 Å². The van der Waals surface area contributed by atoms with Gasteiger partial charge in [0.1, 0.15) is 5.84 Å². The van der Waals surface area contributed by atoms with E-state index in [1.54, 1.807) is 0 Å². The number of rotatable bonds is 5. The van der Waals surface area contributed by atoms with Crippen LogP contribution in [0.15, 0.2) is 52.0 Å². The van der Waals surface area contributed by atoms with E-state index in [9.17, 15) is 4.79 Å². The Kier molecular flexibility index (Phi) is 5.32. The summed E-state index contributed by atoms with van der Waals surface area (Å²) in [7, 11) is 0. The van der Waals surface area contributed by atoms with Gasteiger partial charge in [-0.15, -0.1) is 0 Å². The number of amidine groups is 1. The SMILES string of the molecule is O=C(Nc1noc2ccc(-c3ccc(C4CN=C([C@@H]5CCCN5)N4)cc3)cc12)[C@@H]1CCCN1. The number of hydrogen-bond acceptors (Lipinski definition) is 7. The zero-order valence-corrected chi connectivity index (χ0v) is 18.4. The number of benzene rings is 2. The molecule has 0 spiro atoms. The lowest BCUT2D eigenvalue weighted by atomic mass is 10.00. The minimum atomic E-state index is -0.161. The molecule has 2 saturated heterocycles. The lowest BCUT2D eigenvalue weighted by molar-refractivity contribution is -0.117. The number of amides is 1. The number of aliphatic imine (C=N–C) groups is 1. The van der Waals surface area contributed by atoms with Crippen LogP contribution in [0.2, 0.25) is 0 Å². The van der Waals surface area contributed by atoms with Crippen molar-refractivity contribution < 1.29 is 9.32 Å². The highest BCUT2D eigenvalue weighted by Gasteiger charge is 2.27. The van der Waals surface area contributed by atoms with Crippen molar-refractivity contribution >= 4 is 28.5 Å². The predicted molar refractivity (Wildman–Crippen MR) is 128 cm³/mol. The molecule has 2 aromatic carbocycles. The van der Waals surface area contributed by atoms with Crippen LogP contribution in [0.25, 0.3) is 22.1 Å². The molecule has 3 atom stereocenters. The summed E-state index contributed by atoms with van der Waals surface area (Å²) in [6.45, 7) is 2.72. The molecule has 0 radical (unpaired) electrons. The van der Waals surface area contributed by atoms with Crippen molar-refractivity contribution in [2.24, 2.45) is 4.99 Å². The van der Waals surface area contributed by atoms with Crippen LogP contribution in [0.4, 0.5) is 5.82 Å². The molecule has 4 N–H and O–H groups in total. The molecule has 170 valence electrons. The molecule has 8 heteroatoms. The molecule has 4 heterocycles. The maximum atomic E-state index is 12.5. The zero-order chi connectivity index (χ0) is 22.2. The van der Waals surface area contributed by atoms with Crippen molar-refractivity contribution in [1.82, 2.24) is 21.1 Å². The standard InChI is InChI=1S/C25H28N6O2/c32-25(20-4-2-12-27-20)30-23-18-13-17(9-10-22(18)33-31-23)15-5-7-16(8-6-15)21-14-28-24(29-21)19-3-1-11-26-19/h5-10,13,19-21,26-27H,1-4,11-12,14H2,(H,28,29)(H,30,31,32)/t19-,20-,21?/m0/s1. The summed E-state index contributed by atoms with van der Waals surface area (Å²) in [5, 5.41) is 18.1. The molecular formula is C25H28N6O2. The lowest BCUT2D eigenvalue weighted by Gasteiger charge is -2.16. The Balaban J connectivity index is 1.18. The monoisotopic (exact) mass is 444 g/mol. The Bertz CT molecular complexity index is 1190. The summed E-state index contributed by atoms with van der Waals surface area (Å²) in [4.78, 5) is 17.2. The molecule has 3 aromatic rings. The van der Waals surface area contributed by atoms with Gasteiger partial charge in [0.25, 0.3) is 0 Å². The molecule has 3 aliphatic heterocycles. The second kappa shape index (κ2) is 8.61. The van der Waals surface area contributed by atoms with Gasteiger partial charge >= 0.3 is 0 Å². The highest BCUT2D eigenvalue weighted by atomic mass is 16.5. The van der Waals surface area contributed by atoms with Crippen molar-refractivity contribution in [2.45, 2.75) is 43.8 Å². The van der Waals surface area contributed by atoms with Crippen molar-refractivity contribution in [3.63, 3.8) is 0 Å². The number of carbonyl (C=O) groups excluding carboxylic acids is 1. The first kappa shape index (κ1) is 20.4. The van der Waals surface area contributed by atoms with Crippen LogP contribution in [0, 0.1) is 0 Å². The van der Waals surface area contributed by atoms with Crippen LogP contribution in [0.3, 0.4) is 0 Å². The summed E-state index contributed by atoms with van der Waals surface area (Å²) in [6.07, 6.45) is 4.23. The molecule has 1 amide bonds. The Morgan fingerprint density at radius 2 is 1.79 bits per heavy atom. The van der Waals surface area contributed by atoms with Gasteiger partial charge in [-0.05, 0) is 67.6 Å². The van der Waals surface area contributed by atoms with Gasteiger partial charge < -0.3 is 25.8 Å². The second-order valence-electron chi connectivity index (χ2n) is 9.07. The molecule has 6 rings (SSSR count). The molecule has 3 aliphatic rings. The Morgan fingerprint density at radius 1 is 0.970 bits per heavy atom. The first-order valence-corrected chi connectivity index (χ1v) is 11.8. The van der Waals surface area contributed by atoms with E-state index in [1.165, 1.54) is 12.0 Å². The minimum Gasteiger partial charge on any atom is -0.364 e. The summed E-state index contributed by atoms with van der Waals surface area (Å²) in [5.74, 6) is 1.51. The maximum absolute atomic E-state index is 12.5. The van der Waals surface area contributed by atoms with Gasteiger partial charge in [-0.25, -0.2) is 0 Å². The summed E-state index contributed by atoms with van der Waals surface area (Å²) in [6, 6.07) is 15.0. The molecule has 8 nitrogen and oxygen atoms in total. The van der Waals surface area contributed by atoms with Crippen LogP contribution in [-0.4, -0.2) is 48.6 Å². The number of fused-ring (bicyclic) bond motifs is 1. The first-order valence-electron chi connectivity index (χ1n) is 11.8. The summed E-state index contributed by atoms with van der Waals surface area (Å²) < 4.78 is 5.43. The number of hydrogen-bond donors (Lipinski definition) is 4. The van der Waals surface area contributed by atoms with Gasteiger partial charge in [-0.3, -0.25) is 9.79 Å².